The van der Waals surface area contributed by atoms with E-state index in [-0.39, 0.29) is 5.91 Å². The highest BCUT2D eigenvalue weighted by Gasteiger charge is 2.16. The van der Waals surface area contributed by atoms with E-state index in [2.05, 4.69) is 0 Å². The molecule has 0 radical (unpaired) electrons. The first-order valence-corrected chi connectivity index (χ1v) is 4.95. The number of amides is 1. The maximum atomic E-state index is 11.5. The molecule has 0 saturated carbocycles. The van der Waals surface area contributed by atoms with Gasteiger partial charge in [-0.05, 0) is 31.5 Å². The molecule has 0 aromatic heterocycles. The Kier molecular flexibility index (Phi) is 3.72. The topological polar surface area (TPSA) is 29.5 Å². The van der Waals surface area contributed by atoms with Crippen LogP contribution in [0.4, 0.5) is 0 Å². The molecule has 1 amide bonds. The van der Waals surface area contributed by atoms with E-state index < -0.39 is 6.10 Å². The molecule has 0 aliphatic carbocycles. The van der Waals surface area contributed by atoms with E-state index in [1.807, 2.05) is 31.2 Å². The van der Waals surface area contributed by atoms with Crippen LogP contribution >= 0.6 is 0 Å². The Morgan fingerprint density at radius 1 is 1.40 bits per heavy atom. The summed E-state index contributed by atoms with van der Waals surface area (Å²) in [4.78, 5) is 13.1. The second-order valence-electron chi connectivity index (χ2n) is 3.81. The molecule has 0 heterocycles. The van der Waals surface area contributed by atoms with E-state index in [1.54, 1.807) is 21.0 Å². The highest BCUT2D eigenvalue weighted by atomic mass is 16.5. The van der Waals surface area contributed by atoms with Gasteiger partial charge in [0, 0.05) is 14.1 Å². The highest BCUT2D eigenvalue weighted by molar-refractivity contribution is 5.80. The van der Waals surface area contributed by atoms with Gasteiger partial charge < -0.3 is 9.64 Å². The van der Waals surface area contributed by atoms with Crippen molar-refractivity contribution in [1.29, 1.82) is 0 Å². The van der Waals surface area contributed by atoms with Gasteiger partial charge in [-0.3, -0.25) is 4.79 Å². The lowest BCUT2D eigenvalue weighted by Gasteiger charge is -2.18. The highest BCUT2D eigenvalue weighted by Crippen LogP contribution is 2.14. The van der Waals surface area contributed by atoms with Crippen LogP contribution in [0.5, 0.6) is 5.75 Å². The largest absolute Gasteiger partial charge is 0.481 e. The van der Waals surface area contributed by atoms with Crippen LogP contribution < -0.4 is 4.74 Å². The van der Waals surface area contributed by atoms with E-state index in [0.717, 1.165) is 11.3 Å². The molecular weight excluding hydrogens is 190 g/mol. The van der Waals surface area contributed by atoms with E-state index in [1.165, 1.54) is 4.90 Å². The Hall–Kier alpha value is -1.51. The van der Waals surface area contributed by atoms with Crippen molar-refractivity contribution in [3.8, 4) is 5.75 Å². The number of benzene rings is 1. The predicted molar refractivity (Wildman–Crippen MR) is 60.0 cm³/mol. The fourth-order valence-electron chi connectivity index (χ4n) is 1.31. The Bertz CT molecular complexity index is 347. The first kappa shape index (κ1) is 11.6. The van der Waals surface area contributed by atoms with Crippen LogP contribution in [0, 0.1) is 6.92 Å². The minimum Gasteiger partial charge on any atom is -0.481 e. The standard InChI is InChI=1S/C12H17NO2/c1-9-6-5-7-11(8-9)15-10(2)12(14)13(3)4/h5-8,10H,1-4H3/t10-/m1/s1. The molecule has 0 fully saturated rings. The van der Waals surface area contributed by atoms with Crippen LogP contribution in [0.2, 0.25) is 0 Å². The first-order chi connectivity index (χ1) is 7.00. The zero-order chi connectivity index (χ0) is 11.4. The van der Waals surface area contributed by atoms with Gasteiger partial charge in [-0.25, -0.2) is 0 Å². The Morgan fingerprint density at radius 3 is 2.60 bits per heavy atom. The maximum absolute atomic E-state index is 11.5. The summed E-state index contributed by atoms with van der Waals surface area (Å²) in [6, 6.07) is 7.68. The molecular formula is C12H17NO2. The van der Waals surface area contributed by atoms with Gasteiger partial charge in [0.2, 0.25) is 0 Å². The summed E-state index contributed by atoms with van der Waals surface area (Å²) in [5.74, 6) is 0.703. The van der Waals surface area contributed by atoms with Gasteiger partial charge in [0.1, 0.15) is 5.75 Å². The third kappa shape index (κ3) is 3.27. The maximum Gasteiger partial charge on any atom is 0.262 e. The third-order valence-corrected chi connectivity index (χ3v) is 2.09. The van der Waals surface area contributed by atoms with Crippen LogP contribution in [-0.2, 0) is 4.79 Å². The van der Waals surface area contributed by atoms with E-state index in [0.29, 0.717) is 0 Å². The normalized spacial score (nSPS) is 12.0. The van der Waals surface area contributed by atoms with E-state index >= 15 is 0 Å². The number of carbonyl (C=O) groups excluding carboxylic acids is 1. The monoisotopic (exact) mass is 207 g/mol. The average Bonchev–Trinajstić information content (AvgIpc) is 2.16. The van der Waals surface area contributed by atoms with Gasteiger partial charge in [-0.15, -0.1) is 0 Å². The molecule has 0 aliphatic rings. The molecule has 1 rings (SSSR count). The van der Waals surface area contributed by atoms with Gasteiger partial charge in [-0.2, -0.15) is 0 Å². The van der Waals surface area contributed by atoms with Crippen molar-refractivity contribution in [3.05, 3.63) is 29.8 Å². The molecule has 1 atom stereocenters. The third-order valence-electron chi connectivity index (χ3n) is 2.09. The van der Waals surface area contributed by atoms with Crippen molar-refractivity contribution >= 4 is 5.91 Å². The van der Waals surface area contributed by atoms with E-state index in [9.17, 15) is 4.79 Å². The van der Waals surface area contributed by atoms with Crippen molar-refractivity contribution in [2.45, 2.75) is 20.0 Å². The molecule has 82 valence electrons. The summed E-state index contributed by atoms with van der Waals surface area (Å²) in [6.45, 7) is 3.75. The molecule has 0 unspecified atom stereocenters. The lowest BCUT2D eigenvalue weighted by molar-refractivity contribution is -0.135. The van der Waals surface area contributed by atoms with E-state index in [4.69, 9.17) is 4.74 Å². The zero-order valence-corrected chi connectivity index (χ0v) is 9.65. The number of hydrogen-bond acceptors (Lipinski definition) is 2. The summed E-state index contributed by atoms with van der Waals surface area (Å²) >= 11 is 0. The average molecular weight is 207 g/mol. The number of rotatable bonds is 3. The van der Waals surface area contributed by atoms with Crippen molar-refractivity contribution in [1.82, 2.24) is 4.90 Å². The molecule has 0 N–H and O–H groups in total. The van der Waals surface area contributed by atoms with Crippen LogP contribution in [0.25, 0.3) is 0 Å². The molecule has 0 spiro atoms. The van der Waals surface area contributed by atoms with Gasteiger partial charge in [0.25, 0.3) is 5.91 Å². The number of carbonyl (C=O) groups is 1. The summed E-state index contributed by atoms with van der Waals surface area (Å²) in [7, 11) is 3.44. The molecule has 3 nitrogen and oxygen atoms in total. The van der Waals surface area contributed by atoms with Crippen LogP contribution in [-0.4, -0.2) is 31.0 Å². The van der Waals surface area contributed by atoms with Crippen molar-refractivity contribution in [3.63, 3.8) is 0 Å². The Balaban J connectivity index is 2.66. The molecule has 1 aromatic carbocycles. The molecule has 0 aliphatic heterocycles. The molecule has 15 heavy (non-hydrogen) atoms. The number of nitrogens with zero attached hydrogens (tertiary/aromatic N) is 1. The number of hydrogen-bond donors (Lipinski definition) is 0. The molecule has 0 saturated heterocycles. The second kappa shape index (κ2) is 4.82. The van der Waals surface area contributed by atoms with Crippen LogP contribution in [0.1, 0.15) is 12.5 Å². The zero-order valence-electron chi connectivity index (χ0n) is 9.65. The summed E-state index contributed by atoms with van der Waals surface area (Å²) in [5.41, 5.74) is 1.12. The lowest BCUT2D eigenvalue weighted by Crippen LogP contribution is -2.35. The minimum atomic E-state index is -0.443. The van der Waals surface area contributed by atoms with Crippen LogP contribution in [0.15, 0.2) is 24.3 Å². The quantitative estimate of drug-likeness (QED) is 0.757. The summed E-state index contributed by atoms with van der Waals surface area (Å²) in [6.07, 6.45) is -0.443. The summed E-state index contributed by atoms with van der Waals surface area (Å²) < 4.78 is 5.53. The summed E-state index contributed by atoms with van der Waals surface area (Å²) in [5, 5.41) is 0. The Morgan fingerprint density at radius 2 is 2.07 bits per heavy atom. The predicted octanol–water partition coefficient (Wildman–Crippen LogP) is 1.85. The van der Waals surface area contributed by atoms with Crippen LogP contribution in [0.3, 0.4) is 0 Å². The smallest absolute Gasteiger partial charge is 0.262 e. The fraction of sp³-hybridized carbons (Fsp3) is 0.417. The number of likely N-dealkylation sites (N-methyl/N-ethyl adjacent to an activating group) is 1. The Labute approximate surface area is 90.7 Å². The first-order valence-electron chi connectivity index (χ1n) is 4.95. The fourth-order valence-corrected chi connectivity index (χ4v) is 1.31. The number of aryl methyl sites for hydroxylation is 1. The molecule has 3 heteroatoms. The number of ether oxygens (including phenoxy) is 1. The SMILES string of the molecule is Cc1cccc(O[C@H](C)C(=O)N(C)C)c1. The van der Waals surface area contributed by atoms with Gasteiger partial charge >= 0.3 is 0 Å². The minimum absolute atomic E-state index is 0.0310. The van der Waals surface area contributed by atoms with Crippen molar-refractivity contribution < 1.29 is 9.53 Å². The van der Waals surface area contributed by atoms with Crippen molar-refractivity contribution in [2.24, 2.45) is 0 Å². The lowest BCUT2D eigenvalue weighted by atomic mass is 10.2. The molecule has 0 bridgehead atoms. The van der Waals surface area contributed by atoms with Gasteiger partial charge in [-0.1, -0.05) is 12.1 Å². The van der Waals surface area contributed by atoms with Gasteiger partial charge in [0.15, 0.2) is 6.10 Å². The van der Waals surface area contributed by atoms with Gasteiger partial charge in [0.05, 0.1) is 0 Å². The van der Waals surface area contributed by atoms with Crippen molar-refractivity contribution in [2.75, 3.05) is 14.1 Å². The molecule has 1 aromatic rings. The second-order valence-corrected chi connectivity index (χ2v) is 3.81.